The highest BCUT2D eigenvalue weighted by atomic mass is 32.1. The fraction of sp³-hybridized carbons (Fsp3) is 0.333. The van der Waals surface area contributed by atoms with E-state index in [2.05, 4.69) is 0 Å². The molecule has 0 saturated heterocycles. The highest BCUT2D eigenvalue weighted by molar-refractivity contribution is 7.12. The van der Waals surface area contributed by atoms with Crippen molar-refractivity contribution in [2.45, 2.75) is 19.3 Å². The second-order valence-corrected chi connectivity index (χ2v) is 3.73. The Hall–Kier alpha value is -1.34. The smallest absolute Gasteiger partial charge is 0.311 e. The van der Waals surface area contributed by atoms with Crippen LogP contribution < -0.4 is 0 Å². The van der Waals surface area contributed by atoms with E-state index in [0.29, 0.717) is 11.3 Å². The molecule has 1 aromatic rings. The Labute approximate surface area is 80.2 Å². The number of nitriles is 1. The molecular weight excluding hydrogens is 186 g/mol. The van der Waals surface area contributed by atoms with E-state index in [1.165, 1.54) is 11.3 Å². The fourth-order valence-corrected chi connectivity index (χ4v) is 2.08. The van der Waals surface area contributed by atoms with Gasteiger partial charge in [-0.25, -0.2) is 0 Å². The number of aliphatic carboxylic acids is 1. The summed E-state index contributed by atoms with van der Waals surface area (Å²) in [5.74, 6) is -1.29. The molecule has 0 aromatic carbocycles. The lowest BCUT2D eigenvalue weighted by Gasteiger charge is -2.05. The van der Waals surface area contributed by atoms with Gasteiger partial charge < -0.3 is 5.11 Å². The predicted molar refractivity (Wildman–Crippen MR) is 49.7 cm³/mol. The van der Waals surface area contributed by atoms with Gasteiger partial charge in [0.05, 0.1) is 5.92 Å². The van der Waals surface area contributed by atoms with Crippen LogP contribution in [-0.2, 0) is 4.79 Å². The number of thiophene rings is 1. The van der Waals surface area contributed by atoms with Crippen molar-refractivity contribution in [2.24, 2.45) is 0 Å². The Balaban J connectivity index is 2.93. The summed E-state index contributed by atoms with van der Waals surface area (Å²) in [6.07, 6.45) is 0.556. The van der Waals surface area contributed by atoms with Crippen molar-refractivity contribution < 1.29 is 9.90 Å². The van der Waals surface area contributed by atoms with Crippen molar-refractivity contribution in [3.8, 4) is 6.07 Å². The normalized spacial score (nSPS) is 12.0. The molecule has 0 spiro atoms. The van der Waals surface area contributed by atoms with Crippen LogP contribution in [0.5, 0.6) is 0 Å². The number of carboxylic acids is 1. The van der Waals surface area contributed by atoms with Gasteiger partial charge in [0.25, 0.3) is 0 Å². The molecule has 3 nitrogen and oxygen atoms in total. The van der Waals surface area contributed by atoms with Crippen molar-refractivity contribution in [2.75, 3.05) is 0 Å². The lowest BCUT2D eigenvalue weighted by Crippen LogP contribution is -2.08. The van der Waals surface area contributed by atoms with Gasteiger partial charge >= 0.3 is 5.97 Å². The maximum atomic E-state index is 10.8. The monoisotopic (exact) mass is 195 g/mol. The first-order valence-corrected chi connectivity index (χ1v) is 4.73. The van der Waals surface area contributed by atoms with Crippen molar-refractivity contribution >= 4 is 17.3 Å². The Morgan fingerprint density at radius 1 is 1.77 bits per heavy atom. The summed E-state index contributed by atoms with van der Waals surface area (Å²) in [6, 6.07) is 5.36. The lowest BCUT2D eigenvalue weighted by atomic mass is 10.1. The molecule has 1 unspecified atom stereocenters. The summed E-state index contributed by atoms with van der Waals surface area (Å²) in [6.45, 7) is 1.82. The molecule has 1 rings (SSSR count). The molecule has 0 fully saturated rings. The van der Waals surface area contributed by atoms with Crippen molar-refractivity contribution in [1.82, 2.24) is 0 Å². The Bertz CT molecular complexity index is 351. The molecule has 68 valence electrons. The van der Waals surface area contributed by atoms with Gasteiger partial charge in [0.15, 0.2) is 0 Å². The largest absolute Gasteiger partial charge is 0.481 e. The SMILES string of the molecule is CCC(C(=O)O)c1ccc(C#N)s1. The first-order chi connectivity index (χ1) is 6.19. The zero-order valence-electron chi connectivity index (χ0n) is 7.15. The third kappa shape index (κ3) is 2.07. The lowest BCUT2D eigenvalue weighted by molar-refractivity contribution is -0.138. The van der Waals surface area contributed by atoms with E-state index in [1.807, 2.05) is 13.0 Å². The van der Waals surface area contributed by atoms with E-state index in [4.69, 9.17) is 10.4 Å². The van der Waals surface area contributed by atoms with Gasteiger partial charge in [-0.2, -0.15) is 5.26 Å². The van der Waals surface area contributed by atoms with E-state index in [9.17, 15) is 4.79 Å². The highest BCUT2D eigenvalue weighted by Crippen LogP contribution is 2.26. The molecule has 4 heteroatoms. The van der Waals surface area contributed by atoms with Crippen LogP contribution in [0.3, 0.4) is 0 Å². The number of hydrogen-bond acceptors (Lipinski definition) is 3. The molecule has 1 atom stereocenters. The number of nitrogens with zero attached hydrogens (tertiary/aromatic N) is 1. The third-order valence-electron chi connectivity index (χ3n) is 1.79. The number of carbonyl (C=O) groups is 1. The van der Waals surface area contributed by atoms with Crippen LogP contribution in [0.15, 0.2) is 12.1 Å². The number of rotatable bonds is 3. The molecule has 13 heavy (non-hydrogen) atoms. The van der Waals surface area contributed by atoms with Gasteiger partial charge in [0.1, 0.15) is 10.9 Å². The third-order valence-corrected chi connectivity index (χ3v) is 2.89. The first kappa shape index (κ1) is 9.75. The average molecular weight is 195 g/mol. The van der Waals surface area contributed by atoms with Gasteiger partial charge in [0, 0.05) is 4.88 Å². The molecule has 1 N–H and O–H groups in total. The Morgan fingerprint density at radius 2 is 2.46 bits per heavy atom. The molecule has 1 heterocycles. The molecule has 0 aliphatic heterocycles. The quantitative estimate of drug-likeness (QED) is 0.804. The maximum absolute atomic E-state index is 10.8. The highest BCUT2D eigenvalue weighted by Gasteiger charge is 2.19. The van der Waals surface area contributed by atoms with Crippen LogP contribution in [0.1, 0.15) is 29.0 Å². The summed E-state index contributed by atoms with van der Waals surface area (Å²) >= 11 is 1.25. The van der Waals surface area contributed by atoms with Gasteiger partial charge in [-0.3, -0.25) is 4.79 Å². The Kier molecular flexibility index (Phi) is 3.04. The minimum absolute atomic E-state index is 0.466. The van der Waals surface area contributed by atoms with E-state index >= 15 is 0 Å². The topological polar surface area (TPSA) is 61.1 Å². The van der Waals surface area contributed by atoms with E-state index in [-0.39, 0.29) is 0 Å². The summed E-state index contributed by atoms with van der Waals surface area (Å²) in [5.41, 5.74) is 0. The maximum Gasteiger partial charge on any atom is 0.311 e. The van der Waals surface area contributed by atoms with Crippen LogP contribution in [0, 0.1) is 11.3 Å². The number of hydrogen-bond donors (Lipinski definition) is 1. The van der Waals surface area contributed by atoms with E-state index < -0.39 is 11.9 Å². The fourth-order valence-electron chi connectivity index (χ4n) is 1.10. The average Bonchev–Trinajstić information content (AvgIpc) is 2.53. The zero-order valence-corrected chi connectivity index (χ0v) is 7.97. The molecule has 0 saturated carbocycles. The van der Waals surface area contributed by atoms with Crippen molar-refractivity contribution in [3.05, 3.63) is 21.9 Å². The molecule has 0 bridgehead atoms. The number of carboxylic acid groups (broad SMARTS) is 1. The summed E-state index contributed by atoms with van der Waals surface area (Å²) in [4.78, 5) is 12.1. The standard InChI is InChI=1S/C9H9NO2S/c1-2-7(9(11)12)8-4-3-6(5-10)13-8/h3-4,7H,2H2,1H3,(H,11,12). The van der Waals surface area contributed by atoms with Crippen LogP contribution >= 0.6 is 11.3 Å². The van der Waals surface area contributed by atoms with Gasteiger partial charge in [-0.15, -0.1) is 11.3 Å². The molecule has 0 radical (unpaired) electrons. The van der Waals surface area contributed by atoms with Crippen LogP contribution in [0.25, 0.3) is 0 Å². The van der Waals surface area contributed by atoms with Gasteiger partial charge in [0.2, 0.25) is 0 Å². The molecule has 0 aliphatic rings. The summed E-state index contributed by atoms with van der Waals surface area (Å²) in [7, 11) is 0. The molecule has 0 aliphatic carbocycles. The first-order valence-electron chi connectivity index (χ1n) is 3.91. The molecule has 0 amide bonds. The van der Waals surface area contributed by atoms with Gasteiger partial charge in [-0.05, 0) is 18.6 Å². The second-order valence-electron chi connectivity index (χ2n) is 2.61. The minimum Gasteiger partial charge on any atom is -0.481 e. The van der Waals surface area contributed by atoms with Crippen LogP contribution in [0.2, 0.25) is 0 Å². The minimum atomic E-state index is -0.825. The zero-order chi connectivity index (χ0) is 9.84. The Morgan fingerprint density at radius 3 is 2.85 bits per heavy atom. The second kappa shape index (κ2) is 4.06. The van der Waals surface area contributed by atoms with E-state index in [1.54, 1.807) is 12.1 Å². The molecule has 1 aromatic heterocycles. The van der Waals surface area contributed by atoms with Gasteiger partial charge in [-0.1, -0.05) is 6.92 Å². The molecular formula is C9H9NO2S. The van der Waals surface area contributed by atoms with Crippen molar-refractivity contribution in [1.29, 1.82) is 5.26 Å². The summed E-state index contributed by atoms with van der Waals surface area (Å²) in [5, 5.41) is 17.4. The van der Waals surface area contributed by atoms with Crippen LogP contribution in [0.4, 0.5) is 0 Å². The summed E-state index contributed by atoms with van der Waals surface area (Å²) < 4.78 is 0. The van der Waals surface area contributed by atoms with Crippen molar-refractivity contribution in [3.63, 3.8) is 0 Å². The van der Waals surface area contributed by atoms with Crippen LogP contribution in [-0.4, -0.2) is 11.1 Å². The van der Waals surface area contributed by atoms with E-state index in [0.717, 1.165) is 4.88 Å². The predicted octanol–water partition coefficient (Wildman–Crippen LogP) is 2.20.